The van der Waals surface area contributed by atoms with Crippen LogP contribution in [0.3, 0.4) is 0 Å². The molecule has 1 amide bonds. The zero-order valence-corrected chi connectivity index (χ0v) is 15.8. The van der Waals surface area contributed by atoms with Crippen molar-refractivity contribution in [2.75, 3.05) is 13.2 Å². The molecule has 0 aliphatic rings. The third-order valence-corrected chi connectivity index (χ3v) is 4.52. The maximum Gasteiger partial charge on any atom is 0.344 e. The normalized spacial score (nSPS) is 12.1. The van der Waals surface area contributed by atoms with Crippen LogP contribution in [0.5, 0.6) is 5.75 Å². The lowest BCUT2D eigenvalue weighted by molar-refractivity contribution is -0.124. The molecular formula is C22H23NO5. The molecule has 146 valence electrons. The summed E-state index contributed by atoms with van der Waals surface area (Å²) in [5.41, 5.74) is 1.31. The summed E-state index contributed by atoms with van der Waals surface area (Å²) in [7, 11) is 0. The predicted molar refractivity (Wildman–Crippen MR) is 107 cm³/mol. The standard InChI is InChI=1S/C22H23NO5/c1-14(2)19(12-24)23-21(25)13-27-17-9-7-15(8-10-17)18-11-16-5-3-4-6-20(16)28-22(18)26/h3-11,14,19,24H,12-13H2,1-2H3,(H,23,25). The van der Waals surface area contributed by atoms with Crippen molar-refractivity contribution in [1.82, 2.24) is 5.32 Å². The van der Waals surface area contributed by atoms with Gasteiger partial charge in [-0.05, 0) is 35.7 Å². The number of para-hydroxylation sites is 1. The molecule has 6 heteroatoms. The molecule has 0 aliphatic carbocycles. The summed E-state index contributed by atoms with van der Waals surface area (Å²) >= 11 is 0. The second-order valence-corrected chi connectivity index (χ2v) is 6.90. The van der Waals surface area contributed by atoms with E-state index in [0.717, 1.165) is 5.39 Å². The zero-order chi connectivity index (χ0) is 20.1. The molecule has 1 heterocycles. The summed E-state index contributed by atoms with van der Waals surface area (Å²) < 4.78 is 10.9. The molecular weight excluding hydrogens is 358 g/mol. The number of aliphatic hydroxyl groups is 1. The van der Waals surface area contributed by atoms with Gasteiger partial charge in [-0.3, -0.25) is 4.79 Å². The Hall–Kier alpha value is -3.12. The first-order valence-corrected chi connectivity index (χ1v) is 9.14. The lowest BCUT2D eigenvalue weighted by atomic mass is 10.1. The Labute approximate surface area is 162 Å². The lowest BCUT2D eigenvalue weighted by Crippen LogP contribution is -2.43. The van der Waals surface area contributed by atoms with E-state index in [0.29, 0.717) is 22.5 Å². The summed E-state index contributed by atoms with van der Waals surface area (Å²) in [6.07, 6.45) is 0. The van der Waals surface area contributed by atoms with Crippen LogP contribution in [-0.4, -0.2) is 30.3 Å². The van der Waals surface area contributed by atoms with Gasteiger partial charge in [0.05, 0.1) is 18.2 Å². The molecule has 0 spiro atoms. The van der Waals surface area contributed by atoms with Crippen molar-refractivity contribution in [3.63, 3.8) is 0 Å². The third kappa shape index (κ3) is 4.58. The maximum absolute atomic E-state index is 12.2. The minimum Gasteiger partial charge on any atom is -0.484 e. The number of hydrogen-bond donors (Lipinski definition) is 2. The molecule has 1 unspecified atom stereocenters. The second-order valence-electron chi connectivity index (χ2n) is 6.90. The number of fused-ring (bicyclic) bond motifs is 1. The Bertz CT molecular complexity index is 1010. The van der Waals surface area contributed by atoms with Gasteiger partial charge in [0.15, 0.2) is 6.61 Å². The third-order valence-electron chi connectivity index (χ3n) is 4.52. The van der Waals surface area contributed by atoms with Gasteiger partial charge in [-0.15, -0.1) is 0 Å². The topological polar surface area (TPSA) is 88.8 Å². The first kappa shape index (κ1) is 19.6. The van der Waals surface area contributed by atoms with E-state index in [1.807, 2.05) is 32.0 Å². The minimum absolute atomic E-state index is 0.119. The molecule has 0 saturated heterocycles. The van der Waals surface area contributed by atoms with Gasteiger partial charge in [0.25, 0.3) is 5.91 Å². The number of rotatable bonds is 7. The zero-order valence-electron chi connectivity index (χ0n) is 15.8. The first-order chi connectivity index (χ1) is 13.5. The fraction of sp³-hybridized carbons (Fsp3) is 0.273. The molecule has 1 atom stereocenters. The monoisotopic (exact) mass is 381 g/mol. The summed E-state index contributed by atoms with van der Waals surface area (Å²) in [5, 5.41) is 12.8. The summed E-state index contributed by atoms with van der Waals surface area (Å²) in [6, 6.07) is 15.7. The molecule has 0 aliphatic heterocycles. The molecule has 6 nitrogen and oxygen atoms in total. The maximum atomic E-state index is 12.2. The first-order valence-electron chi connectivity index (χ1n) is 9.14. The fourth-order valence-corrected chi connectivity index (χ4v) is 2.81. The predicted octanol–water partition coefficient (Wildman–Crippen LogP) is 2.97. The highest BCUT2D eigenvalue weighted by molar-refractivity contribution is 5.81. The summed E-state index contributed by atoms with van der Waals surface area (Å²) in [6.45, 7) is 3.57. The van der Waals surface area contributed by atoms with Crippen LogP contribution in [0, 0.1) is 5.92 Å². The van der Waals surface area contributed by atoms with Gasteiger partial charge < -0.3 is 19.6 Å². The number of aliphatic hydroxyl groups excluding tert-OH is 1. The summed E-state index contributed by atoms with van der Waals surface area (Å²) in [4.78, 5) is 24.2. The Morgan fingerprint density at radius 2 is 1.86 bits per heavy atom. The SMILES string of the molecule is CC(C)C(CO)NC(=O)COc1ccc(-c2cc3ccccc3oc2=O)cc1. The fourth-order valence-electron chi connectivity index (χ4n) is 2.81. The Morgan fingerprint density at radius 3 is 2.54 bits per heavy atom. The van der Waals surface area contributed by atoms with Crippen LogP contribution in [-0.2, 0) is 4.79 Å². The molecule has 3 rings (SSSR count). The Morgan fingerprint density at radius 1 is 1.14 bits per heavy atom. The minimum atomic E-state index is -0.407. The van der Waals surface area contributed by atoms with Crippen LogP contribution < -0.4 is 15.7 Å². The number of hydrogen-bond acceptors (Lipinski definition) is 5. The van der Waals surface area contributed by atoms with Crippen LogP contribution in [0.25, 0.3) is 22.1 Å². The van der Waals surface area contributed by atoms with Crippen molar-refractivity contribution in [3.05, 3.63) is 65.0 Å². The molecule has 2 aromatic carbocycles. The average molecular weight is 381 g/mol. The number of amides is 1. The molecule has 1 aromatic heterocycles. The van der Waals surface area contributed by atoms with Crippen molar-refractivity contribution in [3.8, 4) is 16.9 Å². The Balaban J connectivity index is 1.68. The molecule has 2 N–H and O–H groups in total. The van der Waals surface area contributed by atoms with Gasteiger partial charge in [0.1, 0.15) is 11.3 Å². The van der Waals surface area contributed by atoms with Gasteiger partial charge in [0, 0.05) is 5.39 Å². The van der Waals surface area contributed by atoms with Crippen LogP contribution in [0.15, 0.2) is 63.8 Å². The van der Waals surface area contributed by atoms with Gasteiger partial charge in [-0.2, -0.15) is 0 Å². The van der Waals surface area contributed by atoms with E-state index in [1.165, 1.54) is 0 Å². The van der Waals surface area contributed by atoms with Crippen molar-refractivity contribution in [1.29, 1.82) is 0 Å². The molecule has 0 bridgehead atoms. The van der Waals surface area contributed by atoms with Gasteiger partial charge >= 0.3 is 5.63 Å². The van der Waals surface area contributed by atoms with E-state index in [1.54, 1.807) is 36.4 Å². The van der Waals surface area contributed by atoms with E-state index in [2.05, 4.69) is 5.32 Å². The van der Waals surface area contributed by atoms with E-state index in [4.69, 9.17) is 9.15 Å². The molecule has 3 aromatic rings. The smallest absolute Gasteiger partial charge is 0.344 e. The van der Waals surface area contributed by atoms with E-state index in [-0.39, 0.29) is 31.1 Å². The van der Waals surface area contributed by atoms with Crippen molar-refractivity contribution >= 4 is 16.9 Å². The quantitative estimate of drug-likeness (QED) is 0.614. The van der Waals surface area contributed by atoms with E-state index < -0.39 is 5.63 Å². The highest BCUT2D eigenvalue weighted by Gasteiger charge is 2.15. The van der Waals surface area contributed by atoms with E-state index >= 15 is 0 Å². The number of nitrogens with one attached hydrogen (secondary N) is 1. The number of ether oxygens (including phenoxy) is 1. The molecule has 0 saturated carbocycles. The molecule has 0 radical (unpaired) electrons. The van der Waals surface area contributed by atoms with E-state index in [9.17, 15) is 14.7 Å². The van der Waals surface area contributed by atoms with Crippen LogP contribution in [0.2, 0.25) is 0 Å². The highest BCUT2D eigenvalue weighted by atomic mass is 16.5. The van der Waals surface area contributed by atoms with Crippen molar-refractivity contribution in [2.24, 2.45) is 5.92 Å². The van der Waals surface area contributed by atoms with Crippen molar-refractivity contribution in [2.45, 2.75) is 19.9 Å². The molecule has 28 heavy (non-hydrogen) atoms. The number of benzene rings is 2. The van der Waals surface area contributed by atoms with Crippen LogP contribution >= 0.6 is 0 Å². The number of carbonyl (C=O) groups excluding carboxylic acids is 1. The van der Waals surface area contributed by atoms with Gasteiger partial charge in [-0.25, -0.2) is 4.79 Å². The van der Waals surface area contributed by atoms with Crippen molar-refractivity contribution < 1.29 is 19.1 Å². The largest absolute Gasteiger partial charge is 0.484 e. The average Bonchev–Trinajstić information content (AvgIpc) is 2.70. The Kier molecular flexibility index (Phi) is 6.11. The van der Waals surface area contributed by atoms with Gasteiger partial charge in [0.2, 0.25) is 0 Å². The number of carbonyl (C=O) groups is 1. The lowest BCUT2D eigenvalue weighted by Gasteiger charge is -2.19. The molecule has 0 fully saturated rings. The highest BCUT2D eigenvalue weighted by Crippen LogP contribution is 2.23. The second kappa shape index (κ2) is 8.71. The van der Waals surface area contributed by atoms with Gasteiger partial charge in [-0.1, -0.05) is 44.2 Å². The van der Waals surface area contributed by atoms with Crippen LogP contribution in [0.4, 0.5) is 0 Å². The summed E-state index contributed by atoms with van der Waals surface area (Å²) in [5.74, 6) is 0.336. The van der Waals surface area contributed by atoms with Crippen LogP contribution in [0.1, 0.15) is 13.8 Å².